The van der Waals surface area contributed by atoms with Gasteiger partial charge in [0.15, 0.2) is 0 Å². The number of esters is 1. The largest absolute Gasteiger partial charge is 0.462 e. The summed E-state index contributed by atoms with van der Waals surface area (Å²) in [5, 5.41) is 26.2. The number of methoxy groups -OCH3 is 3. The zero-order chi connectivity index (χ0) is 35.8. The summed E-state index contributed by atoms with van der Waals surface area (Å²) in [4.78, 5) is 42.5. The Morgan fingerprint density at radius 3 is 2.43 bits per heavy atom. The number of likely N-dealkylation sites (N-methyl/N-ethyl adjacent to an activating group) is 1. The van der Waals surface area contributed by atoms with Gasteiger partial charge in [-0.25, -0.2) is 9.69 Å². The van der Waals surface area contributed by atoms with Gasteiger partial charge in [0.05, 0.1) is 36.2 Å². The number of fused-ring (bicyclic) bond motifs is 2. The third-order valence-electron chi connectivity index (χ3n) is 12.7. The Hall–Kier alpha value is -2.41. The second kappa shape index (κ2) is 15.1. The Labute approximate surface area is 291 Å². The van der Waals surface area contributed by atoms with Crippen LogP contribution in [-0.4, -0.2) is 110 Å². The molecule has 3 saturated carbocycles. The van der Waals surface area contributed by atoms with E-state index in [0.29, 0.717) is 25.3 Å². The molecule has 49 heavy (non-hydrogen) atoms. The fraction of sp³-hybridized carbons (Fsp3) is 0.763. The van der Waals surface area contributed by atoms with Crippen molar-refractivity contribution >= 4 is 23.5 Å². The van der Waals surface area contributed by atoms with Crippen molar-refractivity contribution in [1.82, 2.24) is 4.90 Å². The van der Waals surface area contributed by atoms with E-state index in [1.54, 1.807) is 52.5 Å². The highest BCUT2D eigenvalue weighted by Crippen LogP contribution is 2.58. The summed E-state index contributed by atoms with van der Waals surface area (Å²) in [5.74, 6) is -2.30. The number of anilines is 1. The number of ether oxygens (including phenoxy) is 4. The van der Waals surface area contributed by atoms with Gasteiger partial charge in [0.2, 0.25) is 11.8 Å². The molecule has 0 spiro atoms. The summed E-state index contributed by atoms with van der Waals surface area (Å²) in [6, 6.07) is 6.54. The van der Waals surface area contributed by atoms with Crippen LogP contribution in [0, 0.1) is 41.4 Å². The summed E-state index contributed by atoms with van der Waals surface area (Å²) >= 11 is 0. The Bertz CT molecular complexity index is 1360. The minimum atomic E-state index is -1.70. The molecule has 4 fully saturated rings. The van der Waals surface area contributed by atoms with E-state index >= 15 is 0 Å². The standard InChI is InChI=1S/C38H58N2O9/c1-9-39(5)21-38(45,37(44)17-16-25-18-22(2)32(37)33(25)47-7)34(48-8)31-24(4)29(46-6)15-14-26(31)20-49-36(43)27-12-10-11-13-28(27)40-30(41)19-23(3)35(40)42/h10-13,22-26,29,31-34,44-45H,9,14-21H2,1-8H3/t22-,23+,24?,25+,26-,29+,31?,32-,33+,34+,37-,38?/m1/s1. The number of amides is 2. The summed E-state index contributed by atoms with van der Waals surface area (Å²) in [6.45, 7) is 8.82. The second-order valence-corrected chi connectivity index (χ2v) is 15.4. The van der Waals surface area contributed by atoms with Gasteiger partial charge in [-0.15, -0.1) is 0 Å². The lowest BCUT2D eigenvalue weighted by Gasteiger charge is -2.58. The van der Waals surface area contributed by atoms with E-state index in [1.165, 1.54) is 0 Å². The number of imide groups is 1. The Balaban J connectivity index is 1.49. The first-order valence-electron chi connectivity index (χ1n) is 18.1. The zero-order valence-corrected chi connectivity index (χ0v) is 30.6. The number of nitrogens with zero attached hydrogens (tertiary/aromatic N) is 2. The van der Waals surface area contributed by atoms with Gasteiger partial charge < -0.3 is 34.1 Å². The van der Waals surface area contributed by atoms with Gasteiger partial charge in [0.25, 0.3) is 0 Å². The number of para-hydroxylation sites is 1. The van der Waals surface area contributed by atoms with Crippen LogP contribution >= 0.6 is 0 Å². The normalized spacial score (nSPS) is 36.6. The maximum Gasteiger partial charge on any atom is 0.340 e. The number of carbonyl (C=O) groups excluding carboxylic acids is 3. The molecule has 0 radical (unpaired) electrons. The van der Waals surface area contributed by atoms with Gasteiger partial charge in [-0.1, -0.05) is 39.8 Å². The van der Waals surface area contributed by atoms with Gasteiger partial charge >= 0.3 is 5.97 Å². The molecule has 1 aliphatic heterocycles. The van der Waals surface area contributed by atoms with Crippen molar-refractivity contribution in [3.05, 3.63) is 29.8 Å². The van der Waals surface area contributed by atoms with Crippen molar-refractivity contribution in [3.63, 3.8) is 0 Å². The maximum absolute atomic E-state index is 13.7. The van der Waals surface area contributed by atoms with Crippen LogP contribution in [-0.2, 0) is 28.5 Å². The molecule has 3 unspecified atom stereocenters. The SMILES string of the molecule is CCN(C)CC(O)([C@@H](OC)C1C(C)[C@@H](OC)CC[C@@H]1COC(=O)c1ccccc1N1C(=O)C[C@H](C)C1=O)[C@@]1(O)CC[C@H]2C[C@@H](C)[C@@H]1[C@H]2OC. The lowest BCUT2D eigenvalue weighted by atomic mass is 9.57. The van der Waals surface area contributed by atoms with Crippen LogP contribution in [0.15, 0.2) is 24.3 Å². The molecular weight excluding hydrogens is 628 g/mol. The first-order chi connectivity index (χ1) is 23.3. The molecule has 1 heterocycles. The van der Waals surface area contributed by atoms with Crippen LogP contribution in [0.5, 0.6) is 0 Å². The van der Waals surface area contributed by atoms with Crippen molar-refractivity contribution in [2.75, 3.05) is 53.0 Å². The predicted molar refractivity (Wildman–Crippen MR) is 184 cm³/mol. The van der Waals surface area contributed by atoms with Crippen molar-refractivity contribution in [3.8, 4) is 0 Å². The van der Waals surface area contributed by atoms with E-state index in [2.05, 4.69) is 13.8 Å². The first kappa shape index (κ1) is 37.8. The third kappa shape index (κ3) is 6.60. The number of carbonyl (C=O) groups is 3. The molecule has 1 aromatic rings. The topological polar surface area (TPSA) is 135 Å². The number of aliphatic hydroxyl groups is 2. The highest BCUT2D eigenvalue weighted by atomic mass is 16.5. The highest BCUT2D eigenvalue weighted by Gasteiger charge is 2.68. The lowest BCUT2D eigenvalue weighted by Crippen LogP contribution is -2.74. The number of rotatable bonds is 13. The van der Waals surface area contributed by atoms with E-state index in [1.807, 2.05) is 18.9 Å². The van der Waals surface area contributed by atoms with Crippen LogP contribution in [0.1, 0.15) is 76.6 Å². The van der Waals surface area contributed by atoms with E-state index < -0.39 is 29.2 Å². The molecule has 1 aromatic carbocycles. The molecule has 274 valence electrons. The Morgan fingerprint density at radius 1 is 1.10 bits per heavy atom. The molecule has 5 rings (SSSR count). The van der Waals surface area contributed by atoms with Gasteiger partial charge in [-0.3, -0.25) is 9.59 Å². The van der Waals surface area contributed by atoms with Crippen LogP contribution in [0.2, 0.25) is 0 Å². The van der Waals surface area contributed by atoms with Crippen LogP contribution in [0.3, 0.4) is 0 Å². The van der Waals surface area contributed by atoms with E-state index in [9.17, 15) is 24.6 Å². The molecule has 2 N–H and O–H groups in total. The van der Waals surface area contributed by atoms with Crippen molar-refractivity contribution in [2.24, 2.45) is 41.4 Å². The first-order valence-corrected chi connectivity index (χ1v) is 18.1. The smallest absolute Gasteiger partial charge is 0.340 e. The Kier molecular flexibility index (Phi) is 11.6. The van der Waals surface area contributed by atoms with Crippen LogP contribution in [0.25, 0.3) is 0 Å². The molecule has 4 aliphatic rings. The van der Waals surface area contributed by atoms with Gasteiger partial charge in [0.1, 0.15) is 11.2 Å². The number of hydrogen-bond donors (Lipinski definition) is 2. The molecular formula is C38H58N2O9. The van der Waals surface area contributed by atoms with Crippen molar-refractivity contribution in [1.29, 1.82) is 0 Å². The van der Waals surface area contributed by atoms with Gasteiger partial charge in [-0.2, -0.15) is 0 Å². The third-order valence-corrected chi connectivity index (χ3v) is 12.7. The van der Waals surface area contributed by atoms with E-state index in [-0.39, 0.29) is 84.4 Å². The molecule has 3 aliphatic carbocycles. The monoisotopic (exact) mass is 686 g/mol. The van der Waals surface area contributed by atoms with Crippen LogP contribution < -0.4 is 4.90 Å². The second-order valence-electron chi connectivity index (χ2n) is 15.4. The maximum atomic E-state index is 13.7. The average molecular weight is 687 g/mol. The molecule has 1 saturated heterocycles. The number of benzene rings is 1. The molecule has 11 heteroatoms. The number of hydrogen-bond acceptors (Lipinski definition) is 10. The Morgan fingerprint density at radius 2 is 1.82 bits per heavy atom. The molecule has 12 atom stereocenters. The van der Waals surface area contributed by atoms with E-state index in [0.717, 1.165) is 24.2 Å². The molecule has 2 amide bonds. The fourth-order valence-corrected chi connectivity index (χ4v) is 10.2. The molecule has 0 aromatic heterocycles. The highest BCUT2D eigenvalue weighted by molar-refractivity contribution is 6.22. The minimum absolute atomic E-state index is 0.0253. The van der Waals surface area contributed by atoms with Gasteiger partial charge in [0, 0.05) is 46.1 Å². The minimum Gasteiger partial charge on any atom is -0.462 e. The molecule has 2 bridgehead atoms. The summed E-state index contributed by atoms with van der Waals surface area (Å²) in [5.41, 5.74) is -2.84. The quantitative estimate of drug-likeness (QED) is 0.232. The lowest BCUT2D eigenvalue weighted by molar-refractivity contribution is -0.281. The van der Waals surface area contributed by atoms with Crippen molar-refractivity contribution < 1.29 is 43.5 Å². The predicted octanol–water partition coefficient (Wildman–Crippen LogP) is 3.93. The molecule has 11 nitrogen and oxygen atoms in total. The summed E-state index contributed by atoms with van der Waals surface area (Å²) in [6.07, 6.45) is 2.43. The van der Waals surface area contributed by atoms with Crippen molar-refractivity contribution in [2.45, 2.75) is 95.7 Å². The van der Waals surface area contributed by atoms with Crippen LogP contribution in [0.4, 0.5) is 5.69 Å². The van der Waals surface area contributed by atoms with E-state index in [4.69, 9.17) is 18.9 Å². The van der Waals surface area contributed by atoms with Gasteiger partial charge in [-0.05, 0) is 87.4 Å². The summed E-state index contributed by atoms with van der Waals surface area (Å²) < 4.78 is 24.4. The zero-order valence-electron chi connectivity index (χ0n) is 30.6. The summed E-state index contributed by atoms with van der Waals surface area (Å²) in [7, 11) is 6.92. The fourth-order valence-electron chi connectivity index (χ4n) is 10.2. The average Bonchev–Trinajstić information content (AvgIpc) is 3.50.